The van der Waals surface area contributed by atoms with E-state index in [9.17, 15) is 20.2 Å². The Morgan fingerprint density at radius 3 is 2.38 bits per heavy atom. The number of hydrogen-bond donors (Lipinski definition) is 1. The fourth-order valence-corrected chi connectivity index (χ4v) is 2.22. The lowest BCUT2D eigenvalue weighted by Crippen LogP contribution is -2.05. The van der Waals surface area contributed by atoms with Gasteiger partial charge in [0.25, 0.3) is 11.4 Å². The molecule has 0 fully saturated rings. The fraction of sp³-hybridized carbons (Fsp3) is 0.200. The fourth-order valence-electron chi connectivity index (χ4n) is 2.22. The minimum absolute atomic E-state index is 0.176. The molecule has 0 saturated heterocycles. The Balaban J connectivity index is 2.30. The Bertz CT molecular complexity index is 778. The van der Waals surface area contributed by atoms with Crippen molar-refractivity contribution in [2.75, 3.05) is 19.5 Å². The number of benzene rings is 2. The SMILES string of the molecule is COc1cccc(CNc2ccc([N+](=O)[O-])cc2[N+](=O)[O-])c1OC. The number of hydrogen-bond acceptors (Lipinski definition) is 7. The number of anilines is 1. The molecule has 0 saturated carbocycles. The molecule has 0 heterocycles. The first-order valence-electron chi connectivity index (χ1n) is 6.84. The third kappa shape index (κ3) is 3.51. The minimum Gasteiger partial charge on any atom is -0.493 e. The van der Waals surface area contributed by atoms with E-state index in [1.165, 1.54) is 26.4 Å². The second kappa shape index (κ2) is 7.27. The predicted molar refractivity (Wildman–Crippen MR) is 86.6 cm³/mol. The first-order chi connectivity index (χ1) is 11.5. The quantitative estimate of drug-likeness (QED) is 0.611. The lowest BCUT2D eigenvalue weighted by molar-refractivity contribution is -0.393. The van der Waals surface area contributed by atoms with Crippen molar-refractivity contribution in [1.29, 1.82) is 0 Å². The van der Waals surface area contributed by atoms with Crippen LogP contribution >= 0.6 is 0 Å². The van der Waals surface area contributed by atoms with Crippen LogP contribution in [-0.4, -0.2) is 24.1 Å². The van der Waals surface area contributed by atoms with Crippen LogP contribution in [0.3, 0.4) is 0 Å². The number of non-ortho nitro benzene ring substituents is 1. The van der Waals surface area contributed by atoms with Gasteiger partial charge in [-0.25, -0.2) is 0 Å². The van der Waals surface area contributed by atoms with Crippen LogP contribution in [0.5, 0.6) is 11.5 Å². The van der Waals surface area contributed by atoms with E-state index in [1.807, 2.05) is 0 Å². The van der Waals surface area contributed by atoms with Gasteiger partial charge in [0, 0.05) is 18.2 Å². The van der Waals surface area contributed by atoms with Crippen molar-refractivity contribution < 1.29 is 19.3 Å². The minimum atomic E-state index is -0.679. The van der Waals surface area contributed by atoms with Gasteiger partial charge in [0.2, 0.25) is 0 Å². The van der Waals surface area contributed by atoms with Crippen molar-refractivity contribution >= 4 is 17.1 Å². The predicted octanol–water partition coefficient (Wildman–Crippen LogP) is 3.13. The lowest BCUT2D eigenvalue weighted by Gasteiger charge is -2.13. The lowest BCUT2D eigenvalue weighted by atomic mass is 10.1. The van der Waals surface area contributed by atoms with Crippen LogP contribution in [0.1, 0.15) is 5.56 Å². The molecule has 0 atom stereocenters. The summed E-state index contributed by atoms with van der Waals surface area (Å²) in [5, 5.41) is 24.8. The van der Waals surface area contributed by atoms with Crippen LogP contribution in [0.25, 0.3) is 0 Å². The largest absolute Gasteiger partial charge is 0.493 e. The smallest absolute Gasteiger partial charge is 0.299 e. The summed E-state index contributed by atoms with van der Waals surface area (Å²) in [6.07, 6.45) is 0. The number of nitro groups is 2. The van der Waals surface area contributed by atoms with Crippen molar-refractivity contribution in [2.24, 2.45) is 0 Å². The highest BCUT2D eigenvalue weighted by Crippen LogP contribution is 2.33. The third-order valence-electron chi connectivity index (χ3n) is 3.34. The zero-order valence-electron chi connectivity index (χ0n) is 13.0. The number of methoxy groups -OCH3 is 2. The van der Waals surface area contributed by atoms with Crippen LogP contribution in [0, 0.1) is 20.2 Å². The van der Waals surface area contributed by atoms with Gasteiger partial charge < -0.3 is 14.8 Å². The van der Waals surface area contributed by atoms with Gasteiger partial charge in [-0.15, -0.1) is 0 Å². The summed E-state index contributed by atoms with van der Waals surface area (Å²) in [5.74, 6) is 1.05. The maximum absolute atomic E-state index is 11.1. The average Bonchev–Trinajstić information content (AvgIpc) is 2.58. The zero-order valence-corrected chi connectivity index (χ0v) is 13.0. The van der Waals surface area contributed by atoms with Gasteiger partial charge in [-0.05, 0) is 12.1 Å². The van der Waals surface area contributed by atoms with Crippen LogP contribution < -0.4 is 14.8 Å². The molecule has 24 heavy (non-hydrogen) atoms. The van der Waals surface area contributed by atoms with Gasteiger partial charge in [0.1, 0.15) is 5.69 Å². The van der Waals surface area contributed by atoms with Crippen molar-refractivity contribution in [2.45, 2.75) is 6.54 Å². The van der Waals surface area contributed by atoms with Gasteiger partial charge >= 0.3 is 0 Å². The molecule has 2 rings (SSSR count). The monoisotopic (exact) mass is 333 g/mol. The first kappa shape index (κ1) is 17.0. The second-order valence-corrected chi connectivity index (χ2v) is 4.72. The molecule has 0 radical (unpaired) electrons. The molecule has 0 spiro atoms. The van der Waals surface area contributed by atoms with E-state index in [2.05, 4.69) is 5.32 Å². The van der Waals surface area contributed by atoms with Crippen molar-refractivity contribution in [1.82, 2.24) is 0 Å². The summed E-state index contributed by atoms with van der Waals surface area (Å²) in [7, 11) is 3.01. The molecule has 0 bridgehead atoms. The number of nitrogens with one attached hydrogen (secondary N) is 1. The summed E-state index contributed by atoms with van der Waals surface area (Å²) < 4.78 is 10.5. The highest BCUT2D eigenvalue weighted by atomic mass is 16.6. The van der Waals surface area contributed by atoms with Crippen LogP contribution in [-0.2, 0) is 6.54 Å². The Kier molecular flexibility index (Phi) is 5.15. The van der Waals surface area contributed by atoms with E-state index in [1.54, 1.807) is 18.2 Å². The third-order valence-corrected chi connectivity index (χ3v) is 3.34. The number of nitro benzene ring substituents is 2. The molecule has 0 aliphatic heterocycles. The van der Waals surface area contributed by atoms with Crippen molar-refractivity contribution in [3.05, 3.63) is 62.2 Å². The van der Waals surface area contributed by atoms with Gasteiger partial charge in [-0.3, -0.25) is 20.2 Å². The van der Waals surface area contributed by atoms with E-state index in [0.717, 1.165) is 11.6 Å². The molecule has 2 aromatic rings. The van der Waals surface area contributed by atoms with E-state index >= 15 is 0 Å². The van der Waals surface area contributed by atoms with Crippen molar-refractivity contribution in [3.8, 4) is 11.5 Å². The van der Waals surface area contributed by atoms with Crippen LogP contribution in [0.2, 0.25) is 0 Å². The summed E-state index contributed by atoms with van der Waals surface area (Å²) in [6, 6.07) is 8.72. The highest BCUT2D eigenvalue weighted by Gasteiger charge is 2.19. The second-order valence-electron chi connectivity index (χ2n) is 4.72. The first-order valence-corrected chi connectivity index (χ1v) is 6.84. The maximum atomic E-state index is 11.1. The van der Waals surface area contributed by atoms with Gasteiger partial charge in [0.15, 0.2) is 11.5 Å². The average molecular weight is 333 g/mol. The summed E-state index contributed by atoms with van der Waals surface area (Å²) in [6.45, 7) is 0.221. The highest BCUT2D eigenvalue weighted by molar-refractivity contribution is 5.65. The summed E-state index contributed by atoms with van der Waals surface area (Å²) in [4.78, 5) is 20.5. The molecular weight excluding hydrogens is 318 g/mol. The summed E-state index contributed by atoms with van der Waals surface area (Å²) >= 11 is 0. The molecule has 0 aliphatic rings. The zero-order chi connectivity index (χ0) is 17.7. The molecule has 0 unspecified atom stereocenters. The number of rotatable bonds is 7. The molecule has 9 heteroatoms. The Morgan fingerprint density at radius 1 is 1.04 bits per heavy atom. The standard InChI is InChI=1S/C15H15N3O6/c1-23-14-5-3-4-10(15(14)24-2)9-16-12-7-6-11(17(19)20)8-13(12)18(21)22/h3-8,16H,9H2,1-2H3. The van der Waals surface area contributed by atoms with Gasteiger partial charge in [0.05, 0.1) is 30.1 Å². The molecule has 1 N–H and O–H groups in total. The number of nitrogens with zero attached hydrogens (tertiary/aromatic N) is 2. The number of para-hydroxylation sites is 1. The molecule has 0 aromatic heterocycles. The Labute approximate surface area is 137 Å². The van der Waals surface area contributed by atoms with Crippen LogP contribution in [0.15, 0.2) is 36.4 Å². The number of ether oxygens (including phenoxy) is 2. The van der Waals surface area contributed by atoms with E-state index in [0.29, 0.717) is 11.5 Å². The van der Waals surface area contributed by atoms with E-state index in [-0.39, 0.29) is 23.6 Å². The molecule has 2 aromatic carbocycles. The Hall–Kier alpha value is -3.36. The Morgan fingerprint density at radius 2 is 1.79 bits per heavy atom. The maximum Gasteiger partial charge on any atom is 0.299 e. The van der Waals surface area contributed by atoms with Crippen molar-refractivity contribution in [3.63, 3.8) is 0 Å². The molecule has 9 nitrogen and oxygen atoms in total. The van der Waals surface area contributed by atoms with Crippen LogP contribution in [0.4, 0.5) is 17.1 Å². The normalized spacial score (nSPS) is 10.1. The molecular formula is C15H15N3O6. The van der Waals surface area contributed by atoms with Gasteiger partial charge in [-0.1, -0.05) is 12.1 Å². The van der Waals surface area contributed by atoms with E-state index < -0.39 is 9.85 Å². The molecule has 0 amide bonds. The molecule has 0 aliphatic carbocycles. The summed E-state index contributed by atoms with van der Waals surface area (Å²) in [5.41, 5.74) is 0.192. The molecule has 126 valence electrons. The van der Waals surface area contributed by atoms with E-state index in [4.69, 9.17) is 9.47 Å². The topological polar surface area (TPSA) is 117 Å². The van der Waals surface area contributed by atoms with Gasteiger partial charge in [-0.2, -0.15) is 0 Å².